The molecular weight excluding hydrogens is 256 g/mol. The second kappa shape index (κ2) is 5.32. The molecular formula is C11H15BrN2O. The minimum atomic E-state index is -0.791. The Hall–Kier alpha value is -0.820. The monoisotopic (exact) mass is 270 g/mol. The summed E-state index contributed by atoms with van der Waals surface area (Å²) in [6, 6.07) is 2.18. The van der Waals surface area contributed by atoms with Crippen molar-refractivity contribution in [3.05, 3.63) is 11.1 Å². The molecule has 0 heterocycles. The van der Waals surface area contributed by atoms with Crippen LogP contribution in [0.1, 0.15) is 32.1 Å². The molecule has 1 rings (SSSR count). The molecule has 0 radical (unpaired) electrons. The summed E-state index contributed by atoms with van der Waals surface area (Å²) in [5, 5.41) is 11.9. The molecule has 4 heteroatoms. The third-order valence-corrected chi connectivity index (χ3v) is 3.08. The van der Waals surface area contributed by atoms with Crippen molar-refractivity contribution >= 4 is 21.8 Å². The van der Waals surface area contributed by atoms with Crippen LogP contribution in [0.4, 0.5) is 0 Å². The summed E-state index contributed by atoms with van der Waals surface area (Å²) in [4.78, 5) is 11.9. The van der Waals surface area contributed by atoms with E-state index in [-0.39, 0.29) is 5.91 Å². The van der Waals surface area contributed by atoms with Crippen molar-refractivity contribution in [3.8, 4) is 6.07 Å². The number of amides is 1. The number of nitrogens with one attached hydrogen (secondary N) is 1. The van der Waals surface area contributed by atoms with Crippen LogP contribution in [0.2, 0.25) is 0 Å². The van der Waals surface area contributed by atoms with E-state index in [1.165, 1.54) is 0 Å². The van der Waals surface area contributed by atoms with Crippen LogP contribution in [0.15, 0.2) is 11.1 Å². The van der Waals surface area contributed by atoms with Gasteiger partial charge in [0.25, 0.3) is 0 Å². The predicted molar refractivity (Wildman–Crippen MR) is 62.2 cm³/mol. The Balaban J connectivity index is 2.61. The van der Waals surface area contributed by atoms with Gasteiger partial charge in [-0.3, -0.25) is 4.79 Å². The van der Waals surface area contributed by atoms with Crippen molar-refractivity contribution in [2.24, 2.45) is 5.41 Å². The maximum atomic E-state index is 11.9. The number of nitrogens with zero attached hydrogens (tertiary/aromatic N) is 1. The van der Waals surface area contributed by atoms with Gasteiger partial charge in [-0.05, 0) is 12.8 Å². The molecule has 0 atom stereocenters. The number of nitriles is 1. The van der Waals surface area contributed by atoms with Crippen molar-refractivity contribution in [2.75, 3.05) is 6.54 Å². The highest BCUT2D eigenvalue weighted by molar-refractivity contribution is 9.11. The van der Waals surface area contributed by atoms with Crippen LogP contribution in [-0.2, 0) is 4.79 Å². The molecule has 0 aromatic rings. The molecule has 0 aromatic carbocycles. The van der Waals surface area contributed by atoms with E-state index in [2.05, 4.69) is 33.9 Å². The minimum absolute atomic E-state index is 0.148. The molecule has 0 spiro atoms. The maximum absolute atomic E-state index is 11.9. The average molecular weight is 271 g/mol. The van der Waals surface area contributed by atoms with Crippen molar-refractivity contribution in [1.82, 2.24) is 5.32 Å². The number of carbonyl (C=O) groups is 1. The Kier molecular flexibility index (Phi) is 4.34. The lowest BCUT2D eigenvalue weighted by Crippen LogP contribution is -2.41. The lowest BCUT2D eigenvalue weighted by molar-refractivity contribution is -0.129. The fourth-order valence-electron chi connectivity index (χ4n) is 1.89. The molecule has 82 valence electrons. The second-order valence-corrected chi connectivity index (χ2v) is 5.08. The van der Waals surface area contributed by atoms with Crippen molar-refractivity contribution in [2.45, 2.75) is 32.1 Å². The third kappa shape index (κ3) is 3.07. The zero-order valence-electron chi connectivity index (χ0n) is 8.68. The van der Waals surface area contributed by atoms with Crippen molar-refractivity contribution < 1.29 is 4.79 Å². The van der Waals surface area contributed by atoms with Crippen molar-refractivity contribution in [1.29, 1.82) is 5.26 Å². The molecule has 0 aromatic heterocycles. The van der Waals surface area contributed by atoms with Crippen LogP contribution in [0.25, 0.3) is 0 Å². The van der Waals surface area contributed by atoms with Gasteiger partial charge in [0.05, 0.1) is 6.07 Å². The highest BCUT2D eigenvalue weighted by Gasteiger charge is 2.39. The SMILES string of the molecule is C=C(Br)CNC(=O)C1(C#N)CCCCC1. The molecule has 3 nitrogen and oxygen atoms in total. The first-order valence-corrected chi connectivity index (χ1v) is 5.93. The first kappa shape index (κ1) is 12.3. The maximum Gasteiger partial charge on any atom is 0.240 e. The molecule has 0 saturated heterocycles. The van der Waals surface area contributed by atoms with Crippen LogP contribution < -0.4 is 5.32 Å². The number of hydrogen-bond donors (Lipinski definition) is 1. The topological polar surface area (TPSA) is 52.9 Å². The van der Waals surface area contributed by atoms with Gasteiger partial charge in [-0.2, -0.15) is 5.26 Å². The summed E-state index contributed by atoms with van der Waals surface area (Å²) >= 11 is 3.17. The van der Waals surface area contributed by atoms with Crippen LogP contribution in [0.3, 0.4) is 0 Å². The van der Waals surface area contributed by atoms with Crippen LogP contribution in [0.5, 0.6) is 0 Å². The summed E-state index contributed by atoms with van der Waals surface area (Å²) in [5.41, 5.74) is -0.791. The van der Waals surface area contributed by atoms with E-state index in [1.807, 2.05) is 0 Å². The Morgan fingerprint density at radius 1 is 1.47 bits per heavy atom. The molecule has 1 aliphatic rings. The standard InChI is InChI=1S/C11H15BrN2O/c1-9(12)7-14-10(15)11(8-13)5-3-2-4-6-11/h1-7H2,(H,14,15). The molecule has 0 aliphatic heterocycles. The van der Waals surface area contributed by atoms with E-state index in [1.54, 1.807) is 0 Å². The normalized spacial score (nSPS) is 18.9. The quantitative estimate of drug-likeness (QED) is 0.857. The van der Waals surface area contributed by atoms with E-state index >= 15 is 0 Å². The molecule has 1 fully saturated rings. The Labute approximate surface area is 98.7 Å². The zero-order chi connectivity index (χ0) is 11.3. The van der Waals surface area contributed by atoms with Crippen LogP contribution >= 0.6 is 15.9 Å². The lowest BCUT2D eigenvalue weighted by Gasteiger charge is -2.29. The number of rotatable bonds is 3. The number of carbonyl (C=O) groups excluding carboxylic acids is 1. The summed E-state index contributed by atoms with van der Waals surface area (Å²) in [6.45, 7) is 4.03. The van der Waals surface area contributed by atoms with Gasteiger partial charge in [0.1, 0.15) is 5.41 Å². The van der Waals surface area contributed by atoms with E-state index in [0.29, 0.717) is 19.4 Å². The molecule has 1 amide bonds. The molecule has 1 aliphatic carbocycles. The molecule has 1 saturated carbocycles. The van der Waals surface area contributed by atoms with Gasteiger partial charge in [0.2, 0.25) is 5.91 Å². The number of halogens is 1. The highest BCUT2D eigenvalue weighted by atomic mass is 79.9. The number of hydrogen-bond acceptors (Lipinski definition) is 2. The first-order chi connectivity index (χ1) is 7.10. The van der Waals surface area contributed by atoms with Crippen molar-refractivity contribution in [3.63, 3.8) is 0 Å². The van der Waals surface area contributed by atoms with Gasteiger partial charge >= 0.3 is 0 Å². The van der Waals surface area contributed by atoms with E-state index in [4.69, 9.17) is 5.26 Å². The van der Waals surface area contributed by atoms with E-state index in [9.17, 15) is 4.79 Å². The molecule has 15 heavy (non-hydrogen) atoms. The lowest BCUT2D eigenvalue weighted by atomic mass is 9.74. The fourth-order valence-corrected chi connectivity index (χ4v) is 2.03. The van der Waals surface area contributed by atoms with E-state index in [0.717, 1.165) is 23.7 Å². The average Bonchev–Trinajstić information content (AvgIpc) is 2.26. The summed E-state index contributed by atoms with van der Waals surface area (Å²) in [6.07, 6.45) is 4.43. The largest absolute Gasteiger partial charge is 0.350 e. The van der Waals surface area contributed by atoms with Gasteiger partial charge in [0, 0.05) is 11.0 Å². The fraction of sp³-hybridized carbons (Fsp3) is 0.636. The zero-order valence-corrected chi connectivity index (χ0v) is 10.3. The predicted octanol–water partition coefficient (Wildman–Crippen LogP) is 2.49. The summed E-state index contributed by atoms with van der Waals surface area (Å²) < 4.78 is 0.722. The molecule has 1 N–H and O–H groups in total. The smallest absolute Gasteiger partial charge is 0.240 e. The van der Waals surface area contributed by atoms with Gasteiger partial charge < -0.3 is 5.32 Å². The first-order valence-electron chi connectivity index (χ1n) is 5.13. The van der Waals surface area contributed by atoms with Gasteiger partial charge in [-0.15, -0.1) is 0 Å². The minimum Gasteiger partial charge on any atom is -0.350 e. The van der Waals surface area contributed by atoms with E-state index < -0.39 is 5.41 Å². The second-order valence-electron chi connectivity index (χ2n) is 3.95. The summed E-state index contributed by atoms with van der Waals surface area (Å²) in [5.74, 6) is -0.148. The Morgan fingerprint density at radius 3 is 2.53 bits per heavy atom. The molecule has 0 unspecified atom stereocenters. The van der Waals surface area contributed by atoms with Gasteiger partial charge in [-0.1, -0.05) is 41.8 Å². The summed E-state index contributed by atoms with van der Waals surface area (Å²) in [7, 11) is 0. The van der Waals surface area contributed by atoms with Gasteiger partial charge in [-0.25, -0.2) is 0 Å². The third-order valence-electron chi connectivity index (χ3n) is 2.80. The molecule has 0 bridgehead atoms. The Bertz CT molecular complexity index is 300. The Morgan fingerprint density at radius 2 is 2.07 bits per heavy atom. The van der Waals surface area contributed by atoms with Crippen LogP contribution in [0, 0.1) is 16.7 Å². The highest BCUT2D eigenvalue weighted by Crippen LogP contribution is 2.35. The van der Waals surface area contributed by atoms with Gasteiger partial charge in [0.15, 0.2) is 0 Å². The van der Waals surface area contributed by atoms with Crippen LogP contribution in [-0.4, -0.2) is 12.5 Å².